The molecule has 0 bridgehead atoms. The molecule has 3 nitrogen and oxygen atoms in total. The Kier molecular flexibility index (Phi) is 4.28. The van der Waals surface area contributed by atoms with Crippen LogP contribution < -0.4 is 0 Å². The fraction of sp³-hybridized carbons (Fsp3) is 1.00. The van der Waals surface area contributed by atoms with Gasteiger partial charge < -0.3 is 4.52 Å². The van der Waals surface area contributed by atoms with E-state index in [4.69, 9.17) is 0 Å². The molecule has 1 fully saturated rings. The van der Waals surface area contributed by atoms with Crippen LogP contribution in [0.3, 0.4) is 0 Å². The van der Waals surface area contributed by atoms with Crippen LogP contribution in [-0.4, -0.2) is 55.0 Å². The fourth-order valence-corrected chi connectivity index (χ4v) is 3.07. The Labute approximate surface area is 95.2 Å². The highest BCUT2D eigenvalue weighted by atomic mass is 31.2. The number of hydrogen-bond donors (Lipinski definition) is 0. The molecule has 17 heavy (non-hydrogen) atoms. The Hall–Kier alpha value is -0.110. The third kappa shape index (κ3) is 3.67. The van der Waals surface area contributed by atoms with Crippen LogP contribution in [0.5, 0.6) is 0 Å². The highest BCUT2D eigenvalue weighted by Gasteiger charge is 2.59. The molecule has 102 valence electrons. The van der Waals surface area contributed by atoms with Gasteiger partial charge in [0.25, 0.3) is 6.10 Å². The van der Waals surface area contributed by atoms with Crippen molar-refractivity contribution in [3.05, 3.63) is 0 Å². The third-order valence-electron chi connectivity index (χ3n) is 2.13. The van der Waals surface area contributed by atoms with Crippen molar-refractivity contribution in [3.63, 3.8) is 0 Å². The molecule has 0 radical (unpaired) electrons. The van der Waals surface area contributed by atoms with Crippen molar-refractivity contribution in [1.29, 1.82) is 0 Å². The first-order valence-corrected chi connectivity index (χ1v) is 5.72. The van der Waals surface area contributed by atoms with Crippen LogP contribution in [-0.2, 0) is 4.52 Å². The van der Waals surface area contributed by atoms with E-state index in [2.05, 4.69) is 4.52 Å². The lowest BCUT2D eigenvalue weighted by atomic mass is 10.3. The zero-order valence-corrected chi connectivity index (χ0v) is 9.90. The lowest BCUT2D eigenvalue weighted by Crippen LogP contribution is -2.44. The molecule has 0 aromatic heterocycles. The van der Waals surface area contributed by atoms with E-state index in [1.807, 2.05) is 0 Å². The zero-order valence-electron chi connectivity index (χ0n) is 9.01. The minimum absolute atomic E-state index is 0.380. The molecule has 10 heteroatoms. The van der Waals surface area contributed by atoms with Crippen molar-refractivity contribution in [3.8, 4) is 0 Å². The van der Waals surface area contributed by atoms with Crippen molar-refractivity contribution in [2.45, 2.75) is 18.5 Å². The summed E-state index contributed by atoms with van der Waals surface area (Å²) in [5.74, 6) is 0. The highest BCUT2D eigenvalue weighted by Crippen LogP contribution is 2.52. The van der Waals surface area contributed by atoms with Crippen LogP contribution in [0.2, 0.25) is 0 Å². The summed E-state index contributed by atoms with van der Waals surface area (Å²) in [6, 6.07) is 0. The van der Waals surface area contributed by atoms with Gasteiger partial charge in [0.1, 0.15) is 0 Å². The number of likely N-dealkylation sites (N-methyl/N-ethyl adjacent to an activating group) is 2. The monoisotopic (exact) mass is 284 g/mol. The smallest absolute Gasteiger partial charge is 0.309 e. The van der Waals surface area contributed by atoms with E-state index in [1.54, 1.807) is 0 Å². The average Bonchev–Trinajstić information content (AvgIpc) is 2.39. The Bertz CT molecular complexity index is 246. The van der Waals surface area contributed by atoms with Crippen molar-refractivity contribution >= 4 is 8.45 Å². The Balaban J connectivity index is 2.80. The summed E-state index contributed by atoms with van der Waals surface area (Å²) in [7, 11) is 0.850. The molecule has 1 saturated heterocycles. The summed E-state index contributed by atoms with van der Waals surface area (Å²) in [6.45, 7) is 0.759. The second kappa shape index (κ2) is 4.87. The van der Waals surface area contributed by atoms with Gasteiger partial charge in [0, 0.05) is 13.1 Å². The molecule has 1 heterocycles. The average molecular weight is 284 g/mol. The van der Waals surface area contributed by atoms with Gasteiger partial charge in [-0.2, -0.15) is 26.3 Å². The standard InChI is InChI=1S/C7H11F6N2OP/c1-14-3-4-15(2)17(14)16-5(6(8,9)10)7(11,12)13/h5H,3-4H2,1-2H3. The molecular formula is C7H11F6N2OP. The quantitative estimate of drug-likeness (QED) is 0.572. The summed E-state index contributed by atoms with van der Waals surface area (Å²) in [5, 5.41) is 0. The van der Waals surface area contributed by atoms with E-state index in [9.17, 15) is 26.3 Å². The molecule has 0 spiro atoms. The molecule has 1 aliphatic rings. The molecule has 0 aliphatic carbocycles. The molecule has 0 unspecified atom stereocenters. The molecule has 1 rings (SSSR count). The van der Waals surface area contributed by atoms with Gasteiger partial charge >= 0.3 is 12.4 Å². The number of alkyl halides is 6. The maximum atomic E-state index is 12.3. The molecule has 0 amide bonds. The maximum absolute atomic E-state index is 12.3. The first-order valence-electron chi connectivity index (χ1n) is 4.56. The molecule has 1 aliphatic heterocycles. The molecule has 0 aromatic carbocycles. The fourth-order valence-electron chi connectivity index (χ4n) is 1.28. The topological polar surface area (TPSA) is 15.7 Å². The molecule has 0 N–H and O–H groups in total. The normalized spacial score (nSPS) is 21.7. The van der Waals surface area contributed by atoms with Crippen molar-refractivity contribution in [2.75, 3.05) is 27.2 Å². The van der Waals surface area contributed by atoms with E-state index >= 15 is 0 Å². The number of rotatable bonds is 2. The lowest BCUT2D eigenvalue weighted by Gasteiger charge is -2.30. The van der Waals surface area contributed by atoms with Crippen LogP contribution in [0.1, 0.15) is 0 Å². The van der Waals surface area contributed by atoms with E-state index in [0.717, 1.165) is 0 Å². The summed E-state index contributed by atoms with van der Waals surface area (Å²) >= 11 is 0. The number of nitrogens with zero attached hydrogens (tertiary/aromatic N) is 2. The maximum Gasteiger partial charge on any atom is 0.424 e. The van der Waals surface area contributed by atoms with Crippen molar-refractivity contribution < 1.29 is 30.9 Å². The first-order chi connectivity index (χ1) is 7.53. The molecule has 0 saturated carbocycles. The second-order valence-corrected chi connectivity index (χ2v) is 5.67. The van der Waals surface area contributed by atoms with Gasteiger partial charge in [-0.15, -0.1) is 0 Å². The van der Waals surface area contributed by atoms with Crippen molar-refractivity contribution in [2.24, 2.45) is 0 Å². The second-order valence-electron chi connectivity index (χ2n) is 3.58. The van der Waals surface area contributed by atoms with Gasteiger partial charge in [-0.3, -0.25) is 0 Å². The lowest BCUT2D eigenvalue weighted by molar-refractivity contribution is -0.299. The van der Waals surface area contributed by atoms with E-state index in [0.29, 0.717) is 13.1 Å². The van der Waals surface area contributed by atoms with E-state index in [1.165, 1.54) is 23.4 Å². The Morgan fingerprint density at radius 2 is 1.29 bits per heavy atom. The molecule has 0 aromatic rings. The predicted octanol–water partition coefficient (Wildman–Crippen LogP) is 2.60. The Morgan fingerprint density at radius 3 is 1.59 bits per heavy atom. The summed E-state index contributed by atoms with van der Waals surface area (Å²) in [4.78, 5) is 0. The van der Waals surface area contributed by atoms with Gasteiger partial charge in [0.2, 0.25) is 0 Å². The van der Waals surface area contributed by atoms with Gasteiger partial charge in [0.15, 0.2) is 8.45 Å². The largest absolute Gasteiger partial charge is 0.424 e. The minimum Gasteiger partial charge on any atom is -0.309 e. The zero-order chi connectivity index (χ0) is 13.4. The van der Waals surface area contributed by atoms with Crippen LogP contribution in [0, 0.1) is 0 Å². The summed E-state index contributed by atoms with van der Waals surface area (Å²) in [6.07, 6.45) is -14.6. The van der Waals surface area contributed by atoms with Gasteiger partial charge in [-0.25, -0.2) is 9.34 Å². The van der Waals surface area contributed by atoms with Crippen LogP contribution in [0.15, 0.2) is 0 Å². The van der Waals surface area contributed by atoms with E-state index < -0.39 is 26.9 Å². The highest BCUT2D eigenvalue weighted by molar-refractivity contribution is 7.47. The summed E-state index contributed by atoms with van der Waals surface area (Å²) in [5.41, 5.74) is 0. The van der Waals surface area contributed by atoms with Crippen LogP contribution in [0.4, 0.5) is 26.3 Å². The van der Waals surface area contributed by atoms with Crippen molar-refractivity contribution in [1.82, 2.24) is 9.34 Å². The van der Waals surface area contributed by atoms with Gasteiger partial charge in [0.05, 0.1) is 0 Å². The SMILES string of the molecule is CN1CCN(C)P1OC(C(F)(F)F)C(F)(F)F. The minimum atomic E-state index is -5.45. The van der Waals surface area contributed by atoms with Crippen LogP contribution >= 0.6 is 8.45 Å². The van der Waals surface area contributed by atoms with Crippen LogP contribution in [0.25, 0.3) is 0 Å². The molecular weight excluding hydrogens is 273 g/mol. The number of hydrogen-bond acceptors (Lipinski definition) is 3. The Morgan fingerprint density at radius 1 is 0.941 bits per heavy atom. The van der Waals surface area contributed by atoms with Gasteiger partial charge in [-0.05, 0) is 14.1 Å². The third-order valence-corrected chi connectivity index (χ3v) is 4.09. The first kappa shape index (κ1) is 14.9. The number of halogens is 6. The summed E-state index contributed by atoms with van der Waals surface area (Å²) < 4.78 is 80.4. The van der Waals surface area contributed by atoms with E-state index in [-0.39, 0.29) is 0 Å². The molecule has 0 atom stereocenters. The van der Waals surface area contributed by atoms with Gasteiger partial charge in [-0.1, -0.05) is 0 Å². The predicted molar refractivity (Wildman–Crippen MR) is 49.2 cm³/mol.